The summed E-state index contributed by atoms with van der Waals surface area (Å²) in [5.41, 5.74) is 9.13. The molecule has 9 nitrogen and oxygen atoms in total. The van der Waals surface area contributed by atoms with Crippen LogP contribution in [0.5, 0.6) is 0 Å². The first kappa shape index (κ1) is 42.8. The van der Waals surface area contributed by atoms with Crippen LogP contribution in [0.4, 0.5) is 0 Å². The van der Waals surface area contributed by atoms with Gasteiger partial charge in [0.05, 0.1) is 28.8 Å². The number of hydrogen-bond acceptors (Lipinski definition) is 7. The van der Waals surface area contributed by atoms with Gasteiger partial charge in [0.25, 0.3) is 5.91 Å². The molecule has 1 amide bonds. The van der Waals surface area contributed by atoms with Gasteiger partial charge in [-0.25, -0.2) is 4.79 Å². The van der Waals surface area contributed by atoms with Crippen molar-refractivity contribution in [2.75, 3.05) is 26.2 Å². The molecule has 2 aliphatic heterocycles. The molecule has 10 heteroatoms. The Kier molecular flexibility index (Phi) is 16.3. The van der Waals surface area contributed by atoms with Crippen LogP contribution in [0.25, 0.3) is 0 Å². The predicted molar refractivity (Wildman–Crippen MR) is 212 cm³/mol. The summed E-state index contributed by atoms with van der Waals surface area (Å²) in [4.78, 5) is 47.2. The highest BCUT2D eigenvalue weighted by molar-refractivity contribution is 5.97. The quantitative estimate of drug-likeness (QED) is 0.187. The predicted octanol–water partition coefficient (Wildman–Crippen LogP) is 8.27. The molecule has 0 bridgehead atoms. The zero-order valence-corrected chi connectivity index (χ0v) is 32.0. The molecule has 0 aliphatic carbocycles. The first-order chi connectivity index (χ1) is 25.5. The number of benzene rings is 4. The van der Waals surface area contributed by atoms with E-state index in [-0.39, 0.29) is 23.9 Å². The molecule has 0 unspecified atom stereocenters. The third kappa shape index (κ3) is 11.2. The lowest BCUT2D eigenvalue weighted by Gasteiger charge is -2.32. The van der Waals surface area contributed by atoms with Crippen molar-refractivity contribution in [2.24, 2.45) is 0 Å². The van der Waals surface area contributed by atoms with E-state index in [4.69, 9.17) is 15.6 Å². The Balaban J connectivity index is 0.000000237. The van der Waals surface area contributed by atoms with Crippen molar-refractivity contribution in [3.8, 4) is 12.1 Å². The van der Waals surface area contributed by atoms with E-state index in [1.807, 2.05) is 61.2 Å². The monoisotopic (exact) mass is 746 g/mol. The lowest BCUT2D eigenvalue weighted by Crippen LogP contribution is -2.38. The molecule has 6 rings (SSSR count). The number of hydrogen-bond donors (Lipinski definition) is 2. The summed E-state index contributed by atoms with van der Waals surface area (Å²) in [6.45, 7) is 10.9. The van der Waals surface area contributed by atoms with E-state index in [0.29, 0.717) is 59.0 Å². The van der Waals surface area contributed by atoms with Gasteiger partial charge < -0.3 is 15.3 Å². The maximum atomic E-state index is 12.9. The van der Waals surface area contributed by atoms with Gasteiger partial charge in [-0.1, -0.05) is 36.4 Å². The molecule has 0 atom stereocenters. The van der Waals surface area contributed by atoms with E-state index in [1.165, 1.54) is 30.0 Å². The molecular formula is C44H47ClN4O5. The standard InChI is InChI=1S/C22H22N2O2.C12H14N2.C10H10O3.ClH/c1-15-11-16(2)21(12-20(15)14-25)22(26)24-9-7-19(8-10-24)18-5-3-17(13-23)4-6-18;13-9-10-1-3-11(4-2-10)12-5-7-14-8-6-12;1-6-3-7(2)9(10(12)13)4-8(6)5-11;/h3-6,11-12,14,19H,7-10H2,1-2H3;1-4,12,14H,5-8H2;3-5H,1-2H3,(H,12,13);1H. The molecule has 2 heterocycles. The first-order valence-electron chi connectivity index (χ1n) is 17.9. The molecule has 0 spiro atoms. The number of aryl methyl sites for hydroxylation is 4. The van der Waals surface area contributed by atoms with E-state index < -0.39 is 5.97 Å². The lowest BCUT2D eigenvalue weighted by atomic mass is 9.88. The van der Waals surface area contributed by atoms with Crippen LogP contribution in [-0.2, 0) is 0 Å². The molecule has 4 aromatic carbocycles. The molecule has 0 aromatic heterocycles. The van der Waals surface area contributed by atoms with E-state index >= 15 is 0 Å². The zero-order valence-electron chi connectivity index (χ0n) is 31.2. The van der Waals surface area contributed by atoms with Crippen molar-refractivity contribution in [3.63, 3.8) is 0 Å². The van der Waals surface area contributed by atoms with E-state index in [1.54, 1.807) is 26.0 Å². The fourth-order valence-corrected chi connectivity index (χ4v) is 6.85. The fourth-order valence-electron chi connectivity index (χ4n) is 6.85. The summed E-state index contributed by atoms with van der Waals surface area (Å²) < 4.78 is 0. The SMILES string of the molecule is Cc1cc(C)c(C(=O)N2CCC(c3ccc(C#N)cc3)CC2)cc1C=O.Cc1cc(C)c(C(=O)O)cc1C=O.Cl.N#Cc1ccc(C2CCNCC2)cc1. The number of nitriles is 2. The number of rotatable bonds is 6. The number of piperidine rings is 2. The Morgan fingerprint density at radius 3 is 1.48 bits per heavy atom. The maximum Gasteiger partial charge on any atom is 0.335 e. The van der Waals surface area contributed by atoms with Gasteiger partial charge in [0.15, 0.2) is 0 Å². The minimum atomic E-state index is -0.999. The average Bonchev–Trinajstić information content (AvgIpc) is 3.18. The number of halogens is 1. The van der Waals surface area contributed by atoms with Gasteiger partial charge in [0.2, 0.25) is 0 Å². The molecular weight excluding hydrogens is 700 g/mol. The Labute approximate surface area is 324 Å². The lowest BCUT2D eigenvalue weighted by molar-refractivity contribution is 0.0692. The number of amides is 1. The summed E-state index contributed by atoms with van der Waals surface area (Å²) >= 11 is 0. The molecule has 2 N–H and O–H groups in total. The Hall–Kier alpha value is -5.61. The molecule has 280 valence electrons. The van der Waals surface area contributed by atoms with Crippen molar-refractivity contribution < 1.29 is 24.3 Å². The van der Waals surface area contributed by atoms with Crippen LogP contribution in [0.1, 0.15) is 123 Å². The summed E-state index contributed by atoms with van der Waals surface area (Å²) in [5.74, 6) is 0.102. The number of carbonyl (C=O) groups is 4. The van der Waals surface area contributed by atoms with Crippen LogP contribution in [-0.4, -0.2) is 60.6 Å². The molecule has 54 heavy (non-hydrogen) atoms. The van der Waals surface area contributed by atoms with Crippen LogP contribution >= 0.6 is 12.4 Å². The number of carboxylic acid groups (broad SMARTS) is 1. The van der Waals surface area contributed by atoms with Gasteiger partial charge in [0.1, 0.15) is 12.6 Å². The number of carbonyl (C=O) groups excluding carboxylic acids is 3. The molecule has 0 saturated carbocycles. The average molecular weight is 747 g/mol. The number of carboxylic acids is 1. The van der Waals surface area contributed by atoms with Crippen molar-refractivity contribution in [1.29, 1.82) is 10.5 Å². The van der Waals surface area contributed by atoms with Crippen LogP contribution in [0.3, 0.4) is 0 Å². The smallest absolute Gasteiger partial charge is 0.335 e. The second kappa shape index (κ2) is 20.6. The van der Waals surface area contributed by atoms with Gasteiger partial charge in [-0.05, 0) is 148 Å². The second-order valence-corrected chi connectivity index (χ2v) is 13.6. The zero-order chi connectivity index (χ0) is 38.5. The fraction of sp³-hybridized carbons (Fsp3) is 0.318. The maximum absolute atomic E-state index is 12.9. The summed E-state index contributed by atoms with van der Waals surface area (Å²) in [5, 5.41) is 29.7. The molecule has 2 fully saturated rings. The normalized spacial score (nSPS) is 14.0. The Morgan fingerprint density at radius 2 is 1.07 bits per heavy atom. The minimum absolute atomic E-state index is 0. The second-order valence-electron chi connectivity index (χ2n) is 13.6. The highest BCUT2D eigenvalue weighted by Gasteiger charge is 2.26. The number of likely N-dealkylation sites (tertiary alicyclic amines) is 1. The van der Waals surface area contributed by atoms with Crippen molar-refractivity contribution in [3.05, 3.63) is 140 Å². The van der Waals surface area contributed by atoms with Crippen molar-refractivity contribution in [1.82, 2.24) is 10.2 Å². The summed E-state index contributed by atoms with van der Waals surface area (Å²) in [7, 11) is 0. The van der Waals surface area contributed by atoms with E-state index in [2.05, 4.69) is 29.6 Å². The molecule has 2 aliphatic rings. The summed E-state index contributed by atoms with van der Waals surface area (Å²) in [6.07, 6.45) is 5.72. The van der Waals surface area contributed by atoms with Crippen LogP contribution in [0.15, 0.2) is 72.8 Å². The van der Waals surface area contributed by atoms with E-state index in [9.17, 15) is 19.2 Å². The third-order valence-corrected chi connectivity index (χ3v) is 10.1. The minimum Gasteiger partial charge on any atom is -0.478 e. The number of nitrogens with zero attached hydrogens (tertiary/aromatic N) is 3. The molecule has 4 aromatic rings. The van der Waals surface area contributed by atoms with E-state index in [0.717, 1.165) is 54.5 Å². The number of aldehydes is 2. The highest BCUT2D eigenvalue weighted by atomic mass is 35.5. The van der Waals surface area contributed by atoms with Gasteiger partial charge in [-0.2, -0.15) is 10.5 Å². The van der Waals surface area contributed by atoms with Crippen molar-refractivity contribution in [2.45, 2.75) is 65.2 Å². The van der Waals surface area contributed by atoms with Crippen LogP contribution < -0.4 is 5.32 Å². The van der Waals surface area contributed by atoms with Gasteiger partial charge in [-0.3, -0.25) is 14.4 Å². The van der Waals surface area contributed by atoms with Gasteiger partial charge in [-0.15, -0.1) is 12.4 Å². The third-order valence-electron chi connectivity index (χ3n) is 10.1. The summed E-state index contributed by atoms with van der Waals surface area (Å²) in [6, 6.07) is 26.7. The molecule has 0 radical (unpaired) electrons. The Morgan fingerprint density at radius 1 is 0.667 bits per heavy atom. The van der Waals surface area contributed by atoms with Crippen molar-refractivity contribution >= 4 is 36.9 Å². The van der Waals surface area contributed by atoms with Gasteiger partial charge >= 0.3 is 5.97 Å². The highest BCUT2D eigenvalue weighted by Crippen LogP contribution is 2.30. The first-order valence-corrected chi connectivity index (χ1v) is 17.9. The van der Waals surface area contributed by atoms with Gasteiger partial charge in [0, 0.05) is 29.8 Å². The number of nitrogens with one attached hydrogen (secondary N) is 1. The largest absolute Gasteiger partial charge is 0.478 e. The Bertz CT molecular complexity index is 2020. The topological polar surface area (TPSA) is 151 Å². The van der Waals surface area contributed by atoms with Crippen LogP contribution in [0, 0.1) is 50.4 Å². The molecule has 2 saturated heterocycles. The number of aromatic carboxylic acids is 1. The van der Waals surface area contributed by atoms with Crippen LogP contribution in [0.2, 0.25) is 0 Å².